The number of amides is 3. The first-order valence-electron chi connectivity index (χ1n) is 8.22. The summed E-state index contributed by atoms with van der Waals surface area (Å²) in [7, 11) is 0. The van der Waals surface area contributed by atoms with E-state index in [9.17, 15) is 19.2 Å². The lowest BCUT2D eigenvalue weighted by molar-refractivity contribution is -0.146. The molecule has 0 bridgehead atoms. The molecule has 0 saturated carbocycles. The minimum absolute atomic E-state index is 0.341. The summed E-state index contributed by atoms with van der Waals surface area (Å²) in [5, 5.41) is 2.55. The Morgan fingerprint density at radius 2 is 1.80 bits per heavy atom. The smallest absolute Gasteiger partial charge is 0.326 e. The molecule has 1 aromatic carbocycles. The molecule has 0 unspecified atom stereocenters. The van der Waals surface area contributed by atoms with E-state index < -0.39 is 36.6 Å². The van der Waals surface area contributed by atoms with Crippen LogP contribution in [0.3, 0.4) is 0 Å². The van der Waals surface area contributed by atoms with Gasteiger partial charge in [-0.05, 0) is 25.3 Å². The molecule has 1 atom stereocenters. The molecule has 2 rings (SSSR count). The molecule has 0 aromatic heterocycles. The zero-order chi connectivity index (χ0) is 18.6. The van der Waals surface area contributed by atoms with Gasteiger partial charge in [-0.2, -0.15) is 0 Å². The molecule has 1 saturated heterocycles. The van der Waals surface area contributed by atoms with Crippen LogP contribution in [-0.2, 0) is 20.7 Å². The second-order valence-corrected chi connectivity index (χ2v) is 6.14. The highest BCUT2D eigenvalue weighted by molar-refractivity contribution is 6.08. The van der Waals surface area contributed by atoms with Crippen molar-refractivity contribution in [3.05, 3.63) is 35.4 Å². The Kier molecular flexibility index (Phi) is 5.56. The summed E-state index contributed by atoms with van der Waals surface area (Å²) in [6, 6.07) is 6.41. The molecule has 134 valence electrons. The minimum atomic E-state index is -1.01. The van der Waals surface area contributed by atoms with Crippen LogP contribution >= 0.6 is 0 Å². The van der Waals surface area contributed by atoms with Gasteiger partial charge >= 0.3 is 12.0 Å². The highest BCUT2D eigenvalue weighted by Crippen LogP contribution is 2.20. The van der Waals surface area contributed by atoms with Gasteiger partial charge in [0.25, 0.3) is 5.91 Å². The second-order valence-electron chi connectivity index (χ2n) is 6.14. The average Bonchev–Trinajstić information content (AvgIpc) is 2.83. The van der Waals surface area contributed by atoms with Gasteiger partial charge in [-0.15, -0.1) is 0 Å². The van der Waals surface area contributed by atoms with Crippen molar-refractivity contribution in [1.29, 1.82) is 0 Å². The standard InChI is InChI=1S/C18H22N2O5/c1-4-12-6-8-13(9-7-12)14(21)11-25-15(22)10-20-16(23)18(3,5-2)19-17(20)24/h6-9H,4-5,10-11H2,1-3H3,(H,19,24)/t18-/m1/s1. The van der Waals surface area contributed by atoms with Crippen LogP contribution in [-0.4, -0.2) is 47.3 Å². The lowest BCUT2D eigenvalue weighted by Crippen LogP contribution is -2.43. The van der Waals surface area contributed by atoms with E-state index in [2.05, 4.69) is 5.32 Å². The summed E-state index contributed by atoms with van der Waals surface area (Å²) < 4.78 is 4.91. The van der Waals surface area contributed by atoms with Crippen molar-refractivity contribution in [3.8, 4) is 0 Å². The van der Waals surface area contributed by atoms with Crippen LogP contribution in [0.1, 0.15) is 43.1 Å². The first-order valence-corrected chi connectivity index (χ1v) is 8.22. The summed E-state index contributed by atoms with van der Waals surface area (Å²) in [4.78, 5) is 48.7. The average molecular weight is 346 g/mol. The van der Waals surface area contributed by atoms with Gasteiger partial charge in [0.05, 0.1) is 0 Å². The van der Waals surface area contributed by atoms with Crippen molar-refractivity contribution in [3.63, 3.8) is 0 Å². The number of hydrogen-bond acceptors (Lipinski definition) is 5. The first kappa shape index (κ1) is 18.6. The fraction of sp³-hybridized carbons (Fsp3) is 0.444. The lowest BCUT2D eigenvalue weighted by atomic mass is 9.99. The molecule has 1 fully saturated rings. The number of ether oxygens (including phenoxy) is 1. The Morgan fingerprint density at radius 3 is 2.32 bits per heavy atom. The first-order chi connectivity index (χ1) is 11.8. The SMILES string of the molecule is CCc1ccc(C(=O)COC(=O)CN2C(=O)N[C@](C)(CC)C2=O)cc1. The number of imide groups is 1. The Labute approximate surface area is 146 Å². The molecule has 0 radical (unpaired) electrons. The topological polar surface area (TPSA) is 92.8 Å². The second kappa shape index (κ2) is 7.46. The van der Waals surface area contributed by atoms with Gasteiger partial charge in [0.15, 0.2) is 12.4 Å². The third-order valence-corrected chi connectivity index (χ3v) is 4.39. The van der Waals surface area contributed by atoms with E-state index in [1.807, 2.05) is 19.1 Å². The van der Waals surface area contributed by atoms with Gasteiger partial charge in [0.1, 0.15) is 12.1 Å². The Hall–Kier alpha value is -2.70. The van der Waals surface area contributed by atoms with Crippen molar-refractivity contribution in [1.82, 2.24) is 10.2 Å². The van der Waals surface area contributed by atoms with E-state index in [4.69, 9.17) is 4.74 Å². The number of hydrogen-bond donors (Lipinski definition) is 1. The Bertz CT molecular complexity index is 698. The molecular weight excluding hydrogens is 324 g/mol. The Morgan fingerprint density at radius 1 is 1.16 bits per heavy atom. The van der Waals surface area contributed by atoms with Crippen molar-refractivity contribution in [2.75, 3.05) is 13.2 Å². The zero-order valence-corrected chi connectivity index (χ0v) is 14.6. The van der Waals surface area contributed by atoms with Crippen LogP contribution in [0.25, 0.3) is 0 Å². The minimum Gasteiger partial charge on any atom is -0.456 e. The fourth-order valence-corrected chi connectivity index (χ4v) is 2.46. The highest BCUT2D eigenvalue weighted by atomic mass is 16.5. The van der Waals surface area contributed by atoms with Gasteiger partial charge in [0.2, 0.25) is 0 Å². The molecule has 1 aliphatic heterocycles. The summed E-state index contributed by atoms with van der Waals surface area (Å²) in [5.41, 5.74) is 0.540. The number of carbonyl (C=O) groups is 4. The predicted octanol–water partition coefficient (Wildman–Crippen LogP) is 1.70. The molecule has 25 heavy (non-hydrogen) atoms. The molecule has 7 nitrogen and oxygen atoms in total. The number of nitrogens with zero attached hydrogens (tertiary/aromatic N) is 1. The van der Waals surface area contributed by atoms with Gasteiger partial charge < -0.3 is 10.1 Å². The third-order valence-electron chi connectivity index (χ3n) is 4.39. The number of Topliss-reactive ketones (excluding diaryl/α,β-unsaturated/α-hetero) is 1. The van der Waals surface area contributed by atoms with Crippen molar-refractivity contribution >= 4 is 23.7 Å². The number of carbonyl (C=O) groups excluding carboxylic acids is 4. The maximum Gasteiger partial charge on any atom is 0.326 e. The van der Waals surface area contributed by atoms with Crippen LogP contribution in [0, 0.1) is 0 Å². The molecular formula is C18H22N2O5. The van der Waals surface area contributed by atoms with E-state index in [1.165, 1.54) is 0 Å². The number of ketones is 1. The van der Waals surface area contributed by atoms with Gasteiger partial charge in [-0.25, -0.2) is 4.79 Å². The predicted molar refractivity (Wildman–Crippen MR) is 90.1 cm³/mol. The van der Waals surface area contributed by atoms with Gasteiger partial charge in [-0.3, -0.25) is 19.3 Å². The zero-order valence-electron chi connectivity index (χ0n) is 14.6. The number of benzene rings is 1. The molecule has 7 heteroatoms. The number of aryl methyl sites for hydroxylation is 1. The van der Waals surface area contributed by atoms with Crippen LogP contribution < -0.4 is 5.32 Å². The monoisotopic (exact) mass is 346 g/mol. The summed E-state index contributed by atoms with van der Waals surface area (Å²) in [5.74, 6) is -1.62. The number of rotatable bonds is 7. The van der Waals surface area contributed by atoms with Crippen LogP contribution in [0.5, 0.6) is 0 Å². The van der Waals surface area contributed by atoms with Crippen LogP contribution in [0.4, 0.5) is 4.79 Å². The Balaban J connectivity index is 1.89. The maximum atomic E-state index is 12.2. The maximum absolute atomic E-state index is 12.2. The van der Waals surface area contributed by atoms with Gasteiger partial charge in [0, 0.05) is 5.56 Å². The molecule has 1 aromatic rings. The summed E-state index contributed by atoms with van der Waals surface area (Å²) in [6.07, 6.45) is 1.28. The van der Waals surface area contributed by atoms with E-state index >= 15 is 0 Å². The van der Waals surface area contributed by atoms with Gasteiger partial charge in [-0.1, -0.05) is 38.1 Å². The summed E-state index contributed by atoms with van der Waals surface area (Å²) in [6.45, 7) is 4.43. The summed E-state index contributed by atoms with van der Waals surface area (Å²) >= 11 is 0. The molecule has 0 aliphatic carbocycles. The lowest BCUT2D eigenvalue weighted by Gasteiger charge is -2.18. The van der Waals surface area contributed by atoms with Crippen LogP contribution in [0.15, 0.2) is 24.3 Å². The number of esters is 1. The van der Waals surface area contributed by atoms with Crippen LogP contribution in [0.2, 0.25) is 0 Å². The largest absolute Gasteiger partial charge is 0.456 e. The molecule has 1 heterocycles. The quantitative estimate of drug-likeness (QED) is 0.461. The third kappa shape index (κ3) is 4.04. The molecule has 0 spiro atoms. The number of nitrogens with one attached hydrogen (secondary N) is 1. The van der Waals surface area contributed by atoms with E-state index in [1.54, 1.807) is 26.0 Å². The van der Waals surface area contributed by atoms with Crippen molar-refractivity contribution in [2.45, 2.75) is 39.2 Å². The molecule has 1 aliphatic rings. The fourth-order valence-electron chi connectivity index (χ4n) is 2.46. The van der Waals surface area contributed by atoms with E-state index in [0.717, 1.165) is 16.9 Å². The normalized spacial score (nSPS) is 19.7. The molecule has 1 N–H and O–H groups in total. The number of urea groups is 1. The van der Waals surface area contributed by atoms with Crippen molar-refractivity contribution in [2.24, 2.45) is 0 Å². The molecule has 3 amide bonds. The van der Waals surface area contributed by atoms with E-state index in [-0.39, 0.29) is 5.78 Å². The van der Waals surface area contributed by atoms with E-state index in [0.29, 0.717) is 12.0 Å². The highest BCUT2D eigenvalue weighted by Gasteiger charge is 2.47. The van der Waals surface area contributed by atoms with Crippen molar-refractivity contribution < 1.29 is 23.9 Å².